The highest BCUT2D eigenvalue weighted by Crippen LogP contribution is 2.34. The van der Waals surface area contributed by atoms with Crippen molar-refractivity contribution in [2.45, 2.75) is 13.3 Å². The van der Waals surface area contributed by atoms with E-state index < -0.39 is 23.6 Å². The second-order valence-electron chi connectivity index (χ2n) is 7.37. The van der Waals surface area contributed by atoms with E-state index in [1.54, 1.807) is 43.3 Å². The Morgan fingerprint density at radius 2 is 1.86 bits per heavy atom. The van der Waals surface area contributed by atoms with Crippen LogP contribution in [-0.2, 0) is 25.6 Å². The second-order valence-corrected chi connectivity index (χ2v) is 7.81. The number of hydrogen-bond acceptors (Lipinski definition) is 8. The summed E-state index contributed by atoms with van der Waals surface area (Å²) in [6.45, 7) is 0.745. The highest BCUT2D eigenvalue weighted by Gasteiger charge is 2.24. The number of aromatic amines is 1. The number of esters is 1. The third-order valence-corrected chi connectivity index (χ3v) is 5.36. The van der Waals surface area contributed by atoms with Crippen LogP contribution in [0.15, 0.2) is 36.4 Å². The van der Waals surface area contributed by atoms with Gasteiger partial charge in [0, 0.05) is 33.7 Å². The number of rotatable bonds is 11. The molecule has 0 saturated heterocycles. The van der Waals surface area contributed by atoms with Gasteiger partial charge < -0.3 is 24.6 Å². The second kappa shape index (κ2) is 11.3. The highest BCUT2D eigenvalue weighted by atomic mass is 35.5. The van der Waals surface area contributed by atoms with Gasteiger partial charge in [0.2, 0.25) is 0 Å². The van der Waals surface area contributed by atoms with Crippen LogP contribution in [0.3, 0.4) is 0 Å². The maximum absolute atomic E-state index is 13.4. The number of benzene rings is 2. The van der Waals surface area contributed by atoms with Crippen LogP contribution in [0.4, 0.5) is 0 Å². The van der Waals surface area contributed by atoms with Gasteiger partial charge in [-0.15, -0.1) is 10.1 Å². The maximum atomic E-state index is 13.4. The number of amides is 1. The number of nitrogens with one attached hydrogen (secondary N) is 2. The first kappa shape index (κ1) is 25.5. The third-order valence-electron chi connectivity index (χ3n) is 5.10. The molecule has 0 atom stereocenters. The van der Waals surface area contributed by atoms with Crippen molar-refractivity contribution in [1.82, 2.24) is 10.3 Å². The molecule has 0 aliphatic carbocycles. The molecule has 2 N–H and O–H groups in total. The first-order chi connectivity index (χ1) is 16.7. The van der Waals surface area contributed by atoms with Crippen LogP contribution in [0.25, 0.3) is 10.9 Å². The van der Waals surface area contributed by atoms with Gasteiger partial charge in [-0.05, 0) is 48.9 Å². The summed E-state index contributed by atoms with van der Waals surface area (Å²) in [5.41, 5.74) is 2.48. The number of H-pyrrole nitrogens is 1. The molecular formula is C23H22ClN3O8. The molecule has 0 spiro atoms. The summed E-state index contributed by atoms with van der Waals surface area (Å²) in [4.78, 5) is 55.1. The number of ether oxygens (including phenoxy) is 2. The van der Waals surface area contributed by atoms with Crippen molar-refractivity contribution in [3.63, 3.8) is 0 Å². The molecule has 2 aromatic carbocycles. The topological polar surface area (TPSA) is 150 Å². The molecule has 0 unspecified atom stereocenters. The lowest BCUT2D eigenvalue weighted by molar-refractivity contribution is -0.757. The summed E-state index contributed by atoms with van der Waals surface area (Å²) < 4.78 is 10.5. The molecule has 0 bridgehead atoms. The van der Waals surface area contributed by atoms with Crippen LogP contribution in [0.2, 0.25) is 5.02 Å². The number of hydrogen-bond donors (Lipinski definition) is 2. The van der Waals surface area contributed by atoms with Crippen molar-refractivity contribution in [3.05, 3.63) is 73.9 Å². The van der Waals surface area contributed by atoms with Gasteiger partial charge in [-0.3, -0.25) is 14.4 Å². The average molecular weight is 504 g/mol. The molecule has 0 saturated carbocycles. The SMILES string of the molecule is COc1ccc2[nH]c(C)c(CC(=O)OCC(=O)NCCO[N+](=O)[O-])c2c1C(=O)c1ccc(Cl)cc1. The lowest BCUT2D eigenvalue weighted by Crippen LogP contribution is -2.32. The van der Waals surface area contributed by atoms with E-state index in [9.17, 15) is 24.5 Å². The summed E-state index contributed by atoms with van der Waals surface area (Å²) in [6.07, 6.45) is -0.211. The highest BCUT2D eigenvalue weighted by molar-refractivity contribution is 6.30. The third kappa shape index (κ3) is 6.27. The molecule has 12 heteroatoms. The number of ketones is 1. The van der Waals surface area contributed by atoms with E-state index in [4.69, 9.17) is 21.1 Å². The summed E-state index contributed by atoms with van der Waals surface area (Å²) in [5, 5.41) is 12.5. The number of nitrogens with zero attached hydrogens (tertiary/aromatic N) is 1. The maximum Gasteiger partial charge on any atom is 0.310 e. The Kier molecular flexibility index (Phi) is 8.26. The summed E-state index contributed by atoms with van der Waals surface area (Å²) in [6, 6.07) is 9.83. The van der Waals surface area contributed by atoms with Crippen LogP contribution in [0.1, 0.15) is 27.2 Å². The molecule has 3 rings (SSSR count). The van der Waals surface area contributed by atoms with E-state index in [-0.39, 0.29) is 30.9 Å². The molecule has 184 valence electrons. The van der Waals surface area contributed by atoms with E-state index in [2.05, 4.69) is 15.1 Å². The Bertz CT molecular complexity index is 1270. The standard InChI is InChI=1S/C23H22ClN3O8/c1-13-16(11-20(29)34-12-19(28)25-9-10-35-27(31)32)21-17(26-13)7-8-18(33-2)22(21)23(30)14-3-5-15(24)6-4-14/h3-8,26H,9-12H2,1-2H3,(H,25,28). The lowest BCUT2D eigenvalue weighted by atomic mass is 9.95. The number of carbonyl (C=O) groups excluding carboxylic acids is 3. The summed E-state index contributed by atoms with van der Waals surface area (Å²) in [7, 11) is 1.45. The van der Waals surface area contributed by atoms with E-state index in [1.165, 1.54) is 7.11 Å². The predicted octanol–water partition coefficient (Wildman–Crippen LogP) is 2.78. The van der Waals surface area contributed by atoms with Crippen LogP contribution < -0.4 is 10.1 Å². The van der Waals surface area contributed by atoms with E-state index in [0.717, 1.165) is 0 Å². The number of aryl methyl sites for hydroxylation is 1. The van der Waals surface area contributed by atoms with Gasteiger partial charge in [0.05, 0.1) is 19.1 Å². The van der Waals surface area contributed by atoms with Gasteiger partial charge in [-0.2, -0.15) is 0 Å². The number of methoxy groups -OCH3 is 1. The van der Waals surface area contributed by atoms with Gasteiger partial charge in [-0.1, -0.05) is 11.6 Å². The zero-order chi connectivity index (χ0) is 25.5. The van der Waals surface area contributed by atoms with Crippen molar-refractivity contribution in [2.24, 2.45) is 0 Å². The molecule has 0 radical (unpaired) electrons. The molecular weight excluding hydrogens is 482 g/mol. The zero-order valence-corrected chi connectivity index (χ0v) is 19.6. The molecule has 1 amide bonds. The molecule has 11 nitrogen and oxygen atoms in total. The fourth-order valence-electron chi connectivity index (χ4n) is 3.53. The molecule has 3 aromatic rings. The molecule has 1 aromatic heterocycles. The van der Waals surface area contributed by atoms with Gasteiger partial charge >= 0.3 is 5.97 Å². The Morgan fingerprint density at radius 1 is 1.14 bits per heavy atom. The Balaban J connectivity index is 1.81. The van der Waals surface area contributed by atoms with Crippen LogP contribution >= 0.6 is 11.6 Å². The smallest absolute Gasteiger partial charge is 0.310 e. The first-order valence-corrected chi connectivity index (χ1v) is 10.8. The largest absolute Gasteiger partial charge is 0.496 e. The van der Waals surface area contributed by atoms with E-state index >= 15 is 0 Å². The molecule has 0 fully saturated rings. The van der Waals surface area contributed by atoms with Gasteiger partial charge in [0.15, 0.2) is 12.4 Å². The van der Waals surface area contributed by atoms with Crippen molar-refractivity contribution in [3.8, 4) is 5.75 Å². The van der Waals surface area contributed by atoms with Crippen molar-refractivity contribution in [2.75, 3.05) is 26.9 Å². The number of carbonyl (C=O) groups is 3. The first-order valence-electron chi connectivity index (χ1n) is 10.4. The number of fused-ring (bicyclic) bond motifs is 1. The van der Waals surface area contributed by atoms with E-state index in [1.807, 2.05) is 0 Å². The number of aromatic nitrogens is 1. The minimum atomic E-state index is -0.976. The summed E-state index contributed by atoms with van der Waals surface area (Å²) in [5.74, 6) is -1.31. The Labute approximate surface area is 204 Å². The summed E-state index contributed by atoms with van der Waals surface area (Å²) >= 11 is 5.95. The normalized spacial score (nSPS) is 10.6. The minimum Gasteiger partial charge on any atom is -0.496 e. The monoisotopic (exact) mass is 503 g/mol. The average Bonchev–Trinajstić information content (AvgIpc) is 3.14. The Morgan fingerprint density at radius 3 is 2.51 bits per heavy atom. The fourth-order valence-corrected chi connectivity index (χ4v) is 3.66. The minimum absolute atomic E-state index is 0.116. The quantitative estimate of drug-likeness (QED) is 0.133. The van der Waals surface area contributed by atoms with Crippen molar-refractivity contribution < 1.29 is 33.8 Å². The van der Waals surface area contributed by atoms with Crippen LogP contribution in [-0.4, -0.2) is 54.6 Å². The molecule has 0 aliphatic rings. The molecule has 35 heavy (non-hydrogen) atoms. The van der Waals surface area contributed by atoms with Crippen molar-refractivity contribution in [1.29, 1.82) is 0 Å². The fraction of sp³-hybridized carbons (Fsp3) is 0.261. The van der Waals surface area contributed by atoms with Gasteiger partial charge in [0.25, 0.3) is 11.0 Å². The van der Waals surface area contributed by atoms with E-state index in [0.29, 0.717) is 38.5 Å². The number of halogens is 1. The molecule has 0 aliphatic heterocycles. The van der Waals surface area contributed by atoms with Crippen LogP contribution in [0, 0.1) is 17.0 Å². The molecule has 1 heterocycles. The zero-order valence-electron chi connectivity index (χ0n) is 18.9. The predicted molar refractivity (Wildman–Crippen MR) is 125 cm³/mol. The van der Waals surface area contributed by atoms with Gasteiger partial charge in [-0.25, -0.2) is 0 Å². The van der Waals surface area contributed by atoms with Crippen molar-refractivity contribution >= 4 is 40.2 Å². The Hall–Kier alpha value is -4.12. The lowest BCUT2D eigenvalue weighted by Gasteiger charge is -2.12. The van der Waals surface area contributed by atoms with Crippen LogP contribution in [0.5, 0.6) is 5.75 Å². The van der Waals surface area contributed by atoms with Gasteiger partial charge in [0.1, 0.15) is 12.4 Å².